The molecule has 1 aliphatic heterocycles. The molecule has 3 heterocycles. The van der Waals surface area contributed by atoms with E-state index in [9.17, 15) is 9.18 Å². The van der Waals surface area contributed by atoms with E-state index < -0.39 is 5.95 Å². The van der Waals surface area contributed by atoms with Crippen LogP contribution < -0.4 is 0 Å². The zero-order valence-corrected chi connectivity index (χ0v) is 12.4. The number of amides is 1. The molecular formula is C15H16FN3OS. The van der Waals surface area contributed by atoms with Crippen LogP contribution in [0.1, 0.15) is 15.2 Å². The summed E-state index contributed by atoms with van der Waals surface area (Å²) in [5.41, 5.74) is 0.0595. The number of halogens is 1. The average Bonchev–Trinajstić information content (AvgIpc) is 3.01. The normalized spacial score (nSPS) is 16.1. The van der Waals surface area contributed by atoms with Crippen LogP contribution in [-0.2, 0) is 6.54 Å². The molecule has 0 unspecified atom stereocenters. The summed E-state index contributed by atoms with van der Waals surface area (Å²) in [5.74, 6) is -0.958. The predicted molar refractivity (Wildman–Crippen MR) is 79.7 cm³/mol. The molecule has 0 bridgehead atoms. The molecule has 1 aliphatic rings. The van der Waals surface area contributed by atoms with Crippen molar-refractivity contribution in [1.29, 1.82) is 0 Å². The number of pyridine rings is 1. The topological polar surface area (TPSA) is 36.4 Å². The molecule has 1 fully saturated rings. The van der Waals surface area contributed by atoms with Gasteiger partial charge in [-0.05, 0) is 23.6 Å². The van der Waals surface area contributed by atoms with Crippen LogP contribution in [0.4, 0.5) is 4.39 Å². The highest BCUT2D eigenvalue weighted by molar-refractivity contribution is 7.09. The van der Waals surface area contributed by atoms with E-state index in [2.05, 4.69) is 21.3 Å². The Bertz CT molecular complexity index is 609. The fraction of sp³-hybridized carbons (Fsp3) is 0.333. The van der Waals surface area contributed by atoms with Gasteiger partial charge in [0.1, 0.15) is 0 Å². The standard InChI is InChI=1S/C15H16FN3OS/c16-14-13(4-1-5-17-14)15(20)19-8-6-18(7-9-19)11-12-3-2-10-21-12/h1-5,10H,6-9,11H2. The number of hydrogen-bond donors (Lipinski definition) is 0. The third kappa shape index (κ3) is 3.28. The second kappa shape index (κ2) is 6.32. The maximum atomic E-state index is 13.6. The van der Waals surface area contributed by atoms with Crippen molar-refractivity contribution in [2.45, 2.75) is 6.54 Å². The number of rotatable bonds is 3. The fourth-order valence-electron chi connectivity index (χ4n) is 2.45. The molecular weight excluding hydrogens is 289 g/mol. The molecule has 1 amide bonds. The Balaban J connectivity index is 1.58. The van der Waals surface area contributed by atoms with Crippen LogP contribution in [0.2, 0.25) is 0 Å². The summed E-state index contributed by atoms with van der Waals surface area (Å²) in [4.78, 5) is 21.2. The molecule has 0 aromatic carbocycles. The number of carbonyl (C=O) groups excluding carboxylic acids is 1. The van der Waals surface area contributed by atoms with Crippen molar-refractivity contribution in [1.82, 2.24) is 14.8 Å². The first-order chi connectivity index (χ1) is 10.2. The monoisotopic (exact) mass is 305 g/mol. The van der Waals surface area contributed by atoms with Gasteiger partial charge < -0.3 is 4.90 Å². The van der Waals surface area contributed by atoms with Crippen LogP contribution in [0, 0.1) is 5.95 Å². The van der Waals surface area contributed by atoms with Gasteiger partial charge in [0.05, 0.1) is 5.56 Å². The van der Waals surface area contributed by atoms with E-state index in [0.717, 1.165) is 19.6 Å². The zero-order valence-electron chi connectivity index (χ0n) is 11.5. The Morgan fingerprint density at radius 2 is 2.05 bits per heavy atom. The number of thiophene rings is 1. The lowest BCUT2D eigenvalue weighted by Gasteiger charge is -2.34. The lowest BCUT2D eigenvalue weighted by atomic mass is 10.2. The van der Waals surface area contributed by atoms with Crippen molar-refractivity contribution in [3.05, 3.63) is 52.2 Å². The summed E-state index contributed by atoms with van der Waals surface area (Å²) in [6.07, 6.45) is 1.35. The number of aromatic nitrogens is 1. The van der Waals surface area contributed by atoms with Crippen LogP contribution in [0.5, 0.6) is 0 Å². The van der Waals surface area contributed by atoms with Gasteiger partial charge in [-0.25, -0.2) is 4.98 Å². The summed E-state index contributed by atoms with van der Waals surface area (Å²) < 4.78 is 13.6. The first kappa shape index (κ1) is 14.2. The van der Waals surface area contributed by atoms with Crippen LogP contribution in [0.3, 0.4) is 0 Å². The van der Waals surface area contributed by atoms with E-state index in [1.54, 1.807) is 22.3 Å². The largest absolute Gasteiger partial charge is 0.336 e. The van der Waals surface area contributed by atoms with E-state index in [0.29, 0.717) is 13.1 Å². The third-order valence-corrected chi connectivity index (χ3v) is 4.47. The van der Waals surface area contributed by atoms with Gasteiger partial charge in [0.25, 0.3) is 5.91 Å². The molecule has 2 aromatic rings. The Kier molecular flexibility index (Phi) is 4.26. The molecule has 6 heteroatoms. The Hall–Kier alpha value is -1.79. The summed E-state index contributed by atoms with van der Waals surface area (Å²) in [7, 11) is 0. The molecule has 3 rings (SSSR count). The van der Waals surface area contributed by atoms with E-state index in [1.165, 1.54) is 17.1 Å². The highest BCUT2D eigenvalue weighted by Gasteiger charge is 2.24. The lowest BCUT2D eigenvalue weighted by molar-refractivity contribution is 0.0624. The molecule has 0 spiro atoms. The van der Waals surface area contributed by atoms with Crippen molar-refractivity contribution in [2.24, 2.45) is 0 Å². The first-order valence-corrected chi connectivity index (χ1v) is 7.76. The van der Waals surface area contributed by atoms with Crippen molar-refractivity contribution < 1.29 is 9.18 Å². The van der Waals surface area contributed by atoms with Crippen LogP contribution >= 0.6 is 11.3 Å². The van der Waals surface area contributed by atoms with Gasteiger partial charge in [0.2, 0.25) is 5.95 Å². The molecule has 2 aromatic heterocycles. The smallest absolute Gasteiger partial charge is 0.258 e. The number of nitrogens with zero attached hydrogens (tertiary/aromatic N) is 3. The molecule has 0 atom stereocenters. The van der Waals surface area contributed by atoms with Crippen molar-refractivity contribution in [3.8, 4) is 0 Å². The summed E-state index contributed by atoms with van der Waals surface area (Å²) in [6, 6.07) is 7.24. The number of carbonyl (C=O) groups is 1. The summed E-state index contributed by atoms with van der Waals surface area (Å²) in [6.45, 7) is 3.79. The predicted octanol–water partition coefficient (Wildman–Crippen LogP) is 2.24. The van der Waals surface area contributed by atoms with Gasteiger partial charge in [-0.3, -0.25) is 9.69 Å². The molecule has 21 heavy (non-hydrogen) atoms. The minimum atomic E-state index is -0.691. The third-order valence-electron chi connectivity index (χ3n) is 3.61. The van der Waals surface area contributed by atoms with Crippen molar-refractivity contribution in [2.75, 3.05) is 26.2 Å². The summed E-state index contributed by atoms with van der Waals surface area (Å²) in [5, 5.41) is 2.07. The van der Waals surface area contributed by atoms with Gasteiger partial charge in [-0.15, -0.1) is 11.3 Å². The van der Waals surface area contributed by atoms with Crippen LogP contribution in [0.15, 0.2) is 35.8 Å². The minimum absolute atomic E-state index is 0.0595. The molecule has 0 N–H and O–H groups in total. The fourth-order valence-corrected chi connectivity index (χ4v) is 3.19. The Morgan fingerprint density at radius 1 is 1.24 bits per heavy atom. The van der Waals surface area contributed by atoms with Gasteiger partial charge in [0.15, 0.2) is 0 Å². The maximum absolute atomic E-state index is 13.6. The van der Waals surface area contributed by atoms with Gasteiger partial charge in [0, 0.05) is 43.8 Å². The van der Waals surface area contributed by atoms with Gasteiger partial charge in [-0.2, -0.15) is 4.39 Å². The SMILES string of the molecule is O=C(c1cccnc1F)N1CCN(Cc2cccs2)CC1. The van der Waals surface area contributed by atoms with E-state index in [-0.39, 0.29) is 11.5 Å². The zero-order chi connectivity index (χ0) is 14.7. The Morgan fingerprint density at radius 3 is 2.71 bits per heavy atom. The van der Waals surface area contributed by atoms with Crippen LogP contribution in [-0.4, -0.2) is 46.9 Å². The molecule has 110 valence electrons. The molecule has 0 saturated carbocycles. The quantitative estimate of drug-likeness (QED) is 0.816. The van der Waals surface area contributed by atoms with Crippen molar-refractivity contribution >= 4 is 17.2 Å². The molecule has 4 nitrogen and oxygen atoms in total. The summed E-state index contributed by atoms with van der Waals surface area (Å²) >= 11 is 1.74. The highest BCUT2D eigenvalue weighted by Crippen LogP contribution is 2.15. The van der Waals surface area contributed by atoms with E-state index in [4.69, 9.17) is 0 Å². The first-order valence-electron chi connectivity index (χ1n) is 6.88. The lowest BCUT2D eigenvalue weighted by Crippen LogP contribution is -2.48. The number of piperazine rings is 1. The van der Waals surface area contributed by atoms with Gasteiger partial charge >= 0.3 is 0 Å². The van der Waals surface area contributed by atoms with E-state index in [1.807, 2.05) is 6.07 Å². The second-order valence-electron chi connectivity index (χ2n) is 4.99. The van der Waals surface area contributed by atoms with E-state index >= 15 is 0 Å². The average molecular weight is 305 g/mol. The molecule has 0 aliphatic carbocycles. The Labute approximate surface area is 126 Å². The van der Waals surface area contributed by atoms with Crippen LogP contribution in [0.25, 0.3) is 0 Å². The maximum Gasteiger partial charge on any atom is 0.258 e. The molecule has 0 radical (unpaired) electrons. The minimum Gasteiger partial charge on any atom is -0.336 e. The second-order valence-corrected chi connectivity index (χ2v) is 6.02. The molecule has 1 saturated heterocycles. The highest BCUT2D eigenvalue weighted by atomic mass is 32.1. The van der Waals surface area contributed by atoms with Crippen molar-refractivity contribution in [3.63, 3.8) is 0 Å². The number of hydrogen-bond acceptors (Lipinski definition) is 4. The van der Waals surface area contributed by atoms with Gasteiger partial charge in [-0.1, -0.05) is 6.07 Å².